The van der Waals surface area contributed by atoms with Crippen LogP contribution in [-0.4, -0.2) is 28.1 Å². The van der Waals surface area contributed by atoms with Gasteiger partial charge in [0.05, 0.1) is 4.92 Å². The maximum Gasteiger partial charge on any atom is 0.408 e. The summed E-state index contributed by atoms with van der Waals surface area (Å²) in [4.78, 5) is 35.6. The number of hydrogen-bond donors (Lipinski definition) is 1. The number of nitro groups is 1. The van der Waals surface area contributed by atoms with E-state index in [0.29, 0.717) is 12.0 Å². The third kappa shape index (κ3) is 4.94. The molecule has 3 rings (SSSR count). The molecule has 1 aliphatic rings. The van der Waals surface area contributed by atoms with Crippen LogP contribution >= 0.6 is 0 Å². The Labute approximate surface area is 174 Å². The minimum Gasteiger partial charge on any atom is -0.459 e. The van der Waals surface area contributed by atoms with Gasteiger partial charge in [0.2, 0.25) is 0 Å². The molecule has 0 aromatic heterocycles. The molecule has 0 radical (unpaired) electrons. The van der Waals surface area contributed by atoms with E-state index in [1.807, 2.05) is 30.3 Å². The molecule has 0 bridgehead atoms. The molecular weight excluding hydrogens is 388 g/mol. The Hall–Kier alpha value is -3.42. The molecule has 2 atom stereocenters. The van der Waals surface area contributed by atoms with Crippen LogP contribution in [0.4, 0.5) is 10.5 Å². The lowest BCUT2D eigenvalue weighted by Gasteiger charge is -2.23. The number of nitrogens with zero attached hydrogens (tertiary/aromatic N) is 1. The van der Waals surface area contributed by atoms with Crippen molar-refractivity contribution >= 4 is 17.7 Å². The van der Waals surface area contributed by atoms with Gasteiger partial charge in [-0.15, -0.1) is 0 Å². The van der Waals surface area contributed by atoms with Gasteiger partial charge in [-0.05, 0) is 50.5 Å². The second-order valence-corrected chi connectivity index (χ2v) is 8.27. The van der Waals surface area contributed by atoms with Gasteiger partial charge in [-0.2, -0.15) is 0 Å². The quantitative estimate of drug-likeness (QED) is 0.435. The first-order chi connectivity index (χ1) is 14.1. The average molecular weight is 412 g/mol. The second kappa shape index (κ2) is 8.14. The molecule has 2 aromatic rings. The lowest BCUT2D eigenvalue weighted by atomic mass is 10.1. The van der Waals surface area contributed by atoms with Crippen LogP contribution < -0.4 is 5.32 Å². The molecule has 0 spiro atoms. The fourth-order valence-corrected chi connectivity index (χ4v) is 3.24. The van der Waals surface area contributed by atoms with Gasteiger partial charge in [0.15, 0.2) is 0 Å². The topological polar surface area (TPSA) is 108 Å². The van der Waals surface area contributed by atoms with Crippen molar-refractivity contribution in [3.05, 3.63) is 75.8 Å². The molecule has 0 aliphatic heterocycles. The van der Waals surface area contributed by atoms with Crippen molar-refractivity contribution in [1.82, 2.24) is 5.32 Å². The van der Waals surface area contributed by atoms with E-state index in [1.54, 1.807) is 20.8 Å². The van der Waals surface area contributed by atoms with E-state index in [4.69, 9.17) is 9.47 Å². The second-order valence-electron chi connectivity index (χ2n) is 8.27. The van der Waals surface area contributed by atoms with Crippen LogP contribution in [0.15, 0.2) is 54.6 Å². The molecule has 0 heterocycles. The van der Waals surface area contributed by atoms with Gasteiger partial charge in [-0.25, -0.2) is 9.59 Å². The van der Waals surface area contributed by atoms with E-state index < -0.39 is 28.1 Å². The molecule has 1 amide bonds. The standard InChI is InChI=1S/C22H24N2O6/c1-21(2,3)30-20(26)23-22(13-18(22)16-7-5-4-6-8-16)19(25)29-14-15-9-11-17(12-10-15)24(27)28/h4-12,18H,13-14H2,1-3H3,(H,23,26)/t18-,22-/m1/s1. The van der Waals surface area contributed by atoms with E-state index in [9.17, 15) is 19.7 Å². The number of carbonyl (C=O) groups excluding carboxylic acids is 2. The van der Waals surface area contributed by atoms with Crippen LogP contribution in [0.3, 0.4) is 0 Å². The molecule has 8 heteroatoms. The SMILES string of the molecule is CC(C)(C)OC(=O)N[C@]1(C(=O)OCc2ccc([N+](=O)[O-])cc2)C[C@@H]1c1ccccc1. The summed E-state index contributed by atoms with van der Waals surface area (Å²) in [6.45, 7) is 5.17. The summed E-state index contributed by atoms with van der Waals surface area (Å²) < 4.78 is 10.8. The molecule has 2 aromatic carbocycles. The highest BCUT2D eigenvalue weighted by Gasteiger charge is 2.63. The van der Waals surface area contributed by atoms with Crippen molar-refractivity contribution < 1.29 is 24.0 Å². The predicted molar refractivity (Wildman–Crippen MR) is 109 cm³/mol. The van der Waals surface area contributed by atoms with Gasteiger partial charge in [0, 0.05) is 18.1 Å². The smallest absolute Gasteiger partial charge is 0.408 e. The Balaban J connectivity index is 1.72. The van der Waals surface area contributed by atoms with Crippen LogP contribution in [0, 0.1) is 10.1 Å². The fourth-order valence-electron chi connectivity index (χ4n) is 3.24. The van der Waals surface area contributed by atoms with Crippen LogP contribution in [0.2, 0.25) is 0 Å². The average Bonchev–Trinajstić information content (AvgIpc) is 3.40. The highest BCUT2D eigenvalue weighted by molar-refractivity contribution is 5.91. The maximum absolute atomic E-state index is 13.0. The largest absolute Gasteiger partial charge is 0.459 e. The minimum atomic E-state index is -1.20. The Bertz CT molecular complexity index is 936. The number of rotatable bonds is 6. The minimum absolute atomic E-state index is 0.0422. The van der Waals surface area contributed by atoms with Gasteiger partial charge < -0.3 is 14.8 Å². The lowest BCUT2D eigenvalue weighted by Crippen LogP contribution is -2.47. The van der Waals surface area contributed by atoms with Crippen LogP contribution in [0.5, 0.6) is 0 Å². The third-order valence-corrected chi connectivity index (χ3v) is 4.77. The first-order valence-electron chi connectivity index (χ1n) is 9.57. The zero-order valence-electron chi connectivity index (χ0n) is 17.1. The number of benzene rings is 2. The van der Waals surface area contributed by atoms with Crippen molar-refractivity contribution in [2.45, 2.75) is 50.9 Å². The molecule has 0 saturated heterocycles. The molecule has 1 N–H and O–H groups in total. The molecule has 1 saturated carbocycles. The zero-order chi connectivity index (χ0) is 21.9. The summed E-state index contributed by atoms with van der Waals surface area (Å²) in [5.74, 6) is -0.795. The molecule has 0 unspecified atom stereocenters. The first kappa shape index (κ1) is 21.3. The summed E-state index contributed by atoms with van der Waals surface area (Å²) >= 11 is 0. The van der Waals surface area contributed by atoms with E-state index in [1.165, 1.54) is 24.3 Å². The predicted octanol–water partition coefficient (Wildman–Crippen LogP) is 4.09. The number of esters is 1. The van der Waals surface area contributed by atoms with Crippen LogP contribution in [0.25, 0.3) is 0 Å². The van der Waals surface area contributed by atoms with Crippen molar-refractivity contribution in [3.63, 3.8) is 0 Å². The molecule has 1 fully saturated rings. The highest BCUT2D eigenvalue weighted by atomic mass is 16.6. The van der Waals surface area contributed by atoms with Crippen molar-refractivity contribution in [2.75, 3.05) is 0 Å². The monoisotopic (exact) mass is 412 g/mol. The van der Waals surface area contributed by atoms with Gasteiger partial charge in [0.25, 0.3) is 5.69 Å². The number of ether oxygens (including phenoxy) is 2. The van der Waals surface area contributed by atoms with E-state index in [2.05, 4.69) is 5.32 Å². The van der Waals surface area contributed by atoms with Gasteiger partial charge in [0.1, 0.15) is 17.7 Å². The van der Waals surface area contributed by atoms with Gasteiger partial charge in [-0.3, -0.25) is 10.1 Å². The third-order valence-electron chi connectivity index (χ3n) is 4.77. The zero-order valence-corrected chi connectivity index (χ0v) is 17.1. The van der Waals surface area contributed by atoms with E-state index in [0.717, 1.165) is 5.56 Å². The summed E-state index contributed by atoms with van der Waals surface area (Å²) in [5.41, 5.74) is -0.422. The van der Waals surface area contributed by atoms with Crippen molar-refractivity contribution in [2.24, 2.45) is 0 Å². The van der Waals surface area contributed by atoms with Crippen LogP contribution in [0.1, 0.15) is 44.2 Å². The molecular formula is C22H24N2O6. The summed E-state index contributed by atoms with van der Waals surface area (Å²) in [7, 11) is 0. The van der Waals surface area contributed by atoms with Crippen molar-refractivity contribution in [1.29, 1.82) is 0 Å². The Kier molecular flexibility index (Phi) is 5.78. The number of nitro benzene ring substituents is 1. The molecule has 158 valence electrons. The number of non-ortho nitro benzene ring substituents is 1. The lowest BCUT2D eigenvalue weighted by molar-refractivity contribution is -0.384. The first-order valence-corrected chi connectivity index (χ1v) is 9.57. The number of hydrogen-bond acceptors (Lipinski definition) is 6. The highest BCUT2D eigenvalue weighted by Crippen LogP contribution is 2.52. The van der Waals surface area contributed by atoms with E-state index >= 15 is 0 Å². The summed E-state index contributed by atoms with van der Waals surface area (Å²) in [6.07, 6.45) is -0.289. The molecule has 1 aliphatic carbocycles. The number of nitrogens with one attached hydrogen (secondary N) is 1. The summed E-state index contributed by atoms with van der Waals surface area (Å²) in [5, 5.41) is 13.5. The summed E-state index contributed by atoms with van der Waals surface area (Å²) in [6, 6.07) is 15.2. The number of alkyl carbamates (subject to hydrolysis) is 1. The fraction of sp³-hybridized carbons (Fsp3) is 0.364. The molecule has 8 nitrogen and oxygen atoms in total. The van der Waals surface area contributed by atoms with Crippen molar-refractivity contribution in [3.8, 4) is 0 Å². The maximum atomic E-state index is 13.0. The normalized spacial score (nSPS) is 20.2. The Morgan fingerprint density at radius 2 is 1.77 bits per heavy atom. The number of amides is 1. The molecule has 30 heavy (non-hydrogen) atoms. The van der Waals surface area contributed by atoms with Gasteiger partial charge >= 0.3 is 12.1 Å². The Morgan fingerprint density at radius 3 is 2.33 bits per heavy atom. The number of carbonyl (C=O) groups is 2. The van der Waals surface area contributed by atoms with Crippen LogP contribution in [-0.2, 0) is 20.9 Å². The van der Waals surface area contributed by atoms with Gasteiger partial charge in [-0.1, -0.05) is 30.3 Å². The Morgan fingerprint density at radius 1 is 1.13 bits per heavy atom. The van der Waals surface area contributed by atoms with E-state index in [-0.39, 0.29) is 18.2 Å².